The van der Waals surface area contributed by atoms with Crippen LogP contribution in [0.2, 0.25) is 0 Å². The number of nitrogens with zero attached hydrogens (tertiary/aromatic N) is 2. The summed E-state index contributed by atoms with van der Waals surface area (Å²) in [4.78, 5) is 45.3. The number of carbonyl (C=O) groups is 3. The molecule has 0 saturated carbocycles. The third kappa shape index (κ3) is 7.72. The second-order valence-corrected chi connectivity index (χ2v) is 10.4. The third-order valence-electron chi connectivity index (χ3n) is 7.50. The molecule has 0 aliphatic heterocycles. The van der Waals surface area contributed by atoms with E-state index in [4.69, 9.17) is 9.47 Å². The zero-order chi connectivity index (χ0) is 31.6. The number of benzene rings is 4. The first-order valence-electron chi connectivity index (χ1n) is 14.9. The Labute approximate surface area is 262 Å². The summed E-state index contributed by atoms with van der Waals surface area (Å²) in [5, 5.41) is 4.22. The number of aromatic nitrogens is 1. The number of anilines is 1. The van der Waals surface area contributed by atoms with Crippen LogP contribution in [0.15, 0.2) is 115 Å². The smallest absolute Gasteiger partial charge is 0.328 e. The Kier molecular flexibility index (Phi) is 10.2. The van der Waals surface area contributed by atoms with Crippen LogP contribution in [-0.4, -0.2) is 60.4 Å². The molecule has 0 aliphatic carbocycles. The van der Waals surface area contributed by atoms with E-state index in [1.165, 1.54) is 7.11 Å². The number of ether oxygens (including phenoxy) is 2. The highest BCUT2D eigenvalue weighted by Crippen LogP contribution is 2.22. The first-order chi connectivity index (χ1) is 22.0. The average Bonchev–Trinajstić information content (AvgIpc) is 3.10. The Balaban J connectivity index is 1.20. The van der Waals surface area contributed by atoms with Gasteiger partial charge in [0.05, 0.1) is 19.2 Å². The number of pyridine rings is 1. The van der Waals surface area contributed by atoms with Gasteiger partial charge in [0, 0.05) is 35.2 Å². The minimum absolute atomic E-state index is 0.138. The summed E-state index contributed by atoms with van der Waals surface area (Å²) >= 11 is 0. The average molecular weight is 602 g/mol. The Morgan fingerprint density at radius 1 is 0.822 bits per heavy atom. The molecule has 0 radical (unpaired) electrons. The number of nitrogens with one attached hydrogen (secondary N) is 1. The van der Waals surface area contributed by atoms with Crippen LogP contribution < -0.4 is 10.1 Å². The minimum Gasteiger partial charge on any atom is -0.492 e. The molecule has 8 nitrogen and oxygen atoms in total. The molecule has 5 aromatic rings. The fourth-order valence-electron chi connectivity index (χ4n) is 5.06. The quantitative estimate of drug-likeness (QED) is 0.127. The van der Waals surface area contributed by atoms with Gasteiger partial charge in [-0.2, -0.15) is 0 Å². The van der Waals surface area contributed by atoms with Crippen LogP contribution >= 0.6 is 0 Å². The summed E-state index contributed by atoms with van der Waals surface area (Å²) < 4.78 is 11.0. The van der Waals surface area contributed by atoms with Crippen LogP contribution in [0.5, 0.6) is 5.75 Å². The first kappa shape index (κ1) is 30.9. The molecule has 0 bridgehead atoms. The van der Waals surface area contributed by atoms with Crippen molar-refractivity contribution in [3.05, 3.63) is 138 Å². The Hall–Kier alpha value is -5.50. The number of carbonyl (C=O) groups excluding carboxylic acids is 3. The molecule has 0 spiro atoms. The van der Waals surface area contributed by atoms with Gasteiger partial charge in [0.15, 0.2) is 5.78 Å². The summed E-state index contributed by atoms with van der Waals surface area (Å²) in [5.74, 6) is -0.0775. The van der Waals surface area contributed by atoms with Crippen molar-refractivity contribution < 1.29 is 23.9 Å². The van der Waals surface area contributed by atoms with E-state index in [0.717, 1.165) is 16.5 Å². The van der Waals surface area contributed by atoms with Crippen LogP contribution in [0, 0.1) is 0 Å². The monoisotopic (exact) mass is 601 g/mol. The molecule has 228 valence electrons. The summed E-state index contributed by atoms with van der Waals surface area (Å²) in [5.41, 5.74) is 3.65. The summed E-state index contributed by atoms with van der Waals surface area (Å²) in [7, 11) is 1.34. The molecule has 5 rings (SSSR count). The van der Waals surface area contributed by atoms with Crippen molar-refractivity contribution in [2.24, 2.45) is 0 Å². The SMILES string of the molecule is CCN(CCOc1ccc(C[C@H](Nc2ccccc2C(=O)c2ccccc2)C(=O)OC)cc1)C(=O)c1ccc2ccccc2n1. The fourth-order valence-corrected chi connectivity index (χ4v) is 5.06. The molecule has 0 aliphatic rings. The van der Waals surface area contributed by atoms with Gasteiger partial charge in [0.2, 0.25) is 0 Å². The van der Waals surface area contributed by atoms with E-state index >= 15 is 0 Å². The molecule has 0 unspecified atom stereocenters. The lowest BCUT2D eigenvalue weighted by atomic mass is 10.00. The van der Waals surface area contributed by atoms with E-state index in [9.17, 15) is 14.4 Å². The topological polar surface area (TPSA) is 97.8 Å². The van der Waals surface area contributed by atoms with Crippen molar-refractivity contribution in [1.82, 2.24) is 9.88 Å². The second kappa shape index (κ2) is 14.8. The molecule has 4 aromatic carbocycles. The number of likely N-dealkylation sites (N-methyl/N-ethyl adjacent to an activating group) is 1. The van der Waals surface area contributed by atoms with Crippen LogP contribution in [0.3, 0.4) is 0 Å². The van der Waals surface area contributed by atoms with E-state index in [0.29, 0.717) is 54.4 Å². The van der Waals surface area contributed by atoms with Crippen molar-refractivity contribution in [2.75, 3.05) is 32.1 Å². The molecule has 8 heteroatoms. The van der Waals surface area contributed by atoms with Crippen molar-refractivity contribution in [3.8, 4) is 5.75 Å². The standard InChI is InChI=1S/C37H35N3O5/c1-3-40(36(42)33-22-19-27-11-7-9-15-31(27)38-33)23-24-45-29-20-17-26(18-21-29)25-34(37(43)44-2)39-32-16-10-8-14-30(32)35(41)28-12-5-4-6-13-28/h4-22,34,39H,3,23-25H2,1-2H3/t34-/m0/s1. The summed E-state index contributed by atoms with van der Waals surface area (Å²) in [6.07, 6.45) is 0.331. The predicted octanol–water partition coefficient (Wildman–Crippen LogP) is 6.20. The molecular weight excluding hydrogens is 566 g/mol. The van der Waals surface area contributed by atoms with Crippen molar-refractivity contribution in [3.63, 3.8) is 0 Å². The Morgan fingerprint density at radius 2 is 1.53 bits per heavy atom. The third-order valence-corrected chi connectivity index (χ3v) is 7.50. The summed E-state index contributed by atoms with van der Waals surface area (Å²) in [6.45, 7) is 3.17. The number of fused-ring (bicyclic) bond motifs is 1. The molecule has 1 atom stereocenters. The molecule has 0 saturated heterocycles. The Morgan fingerprint density at radius 3 is 2.29 bits per heavy atom. The maximum absolute atomic E-state index is 13.2. The Bertz CT molecular complexity index is 1770. The van der Waals surface area contributed by atoms with Gasteiger partial charge in [-0.25, -0.2) is 9.78 Å². The van der Waals surface area contributed by atoms with Gasteiger partial charge in [0.1, 0.15) is 24.1 Å². The number of hydrogen-bond acceptors (Lipinski definition) is 7. The lowest BCUT2D eigenvalue weighted by Gasteiger charge is -2.21. The number of amides is 1. The number of esters is 1. The molecule has 1 heterocycles. The van der Waals surface area contributed by atoms with E-state index in [1.807, 2.05) is 85.8 Å². The lowest BCUT2D eigenvalue weighted by molar-refractivity contribution is -0.141. The normalized spacial score (nSPS) is 11.4. The zero-order valence-corrected chi connectivity index (χ0v) is 25.3. The highest BCUT2D eigenvalue weighted by Gasteiger charge is 2.23. The van der Waals surface area contributed by atoms with Gasteiger partial charge in [-0.05, 0) is 48.9 Å². The zero-order valence-electron chi connectivity index (χ0n) is 25.3. The fraction of sp³-hybridized carbons (Fsp3) is 0.189. The minimum atomic E-state index is -0.723. The number of para-hydroxylation sites is 2. The first-order valence-corrected chi connectivity index (χ1v) is 14.9. The molecule has 1 aromatic heterocycles. The number of hydrogen-bond donors (Lipinski definition) is 1. The predicted molar refractivity (Wildman–Crippen MR) is 175 cm³/mol. The van der Waals surface area contributed by atoms with Gasteiger partial charge in [-0.3, -0.25) is 9.59 Å². The number of ketones is 1. The van der Waals surface area contributed by atoms with Crippen LogP contribution in [0.1, 0.15) is 38.9 Å². The van der Waals surface area contributed by atoms with Crippen molar-refractivity contribution in [2.45, 2.75) is 19.4 Å². The molecular formula is C37H35N3O5. The van der Waals surface area contributed by atoms with Gasteiger partial charge < -0.3 is 19.7 Å². The van der Waals surface area contributed by atoms with Crippen LogP contribution in [0.4, 0.5) is 5.69 Å². The largest absolute Gasteiger partial charge is 0.492 e. The maximum Gasteiger partial charge on any atom is 0.328 e. The molecule has 1 amide bonds. The highest BCUT2D eigenvalue weighted by atomic mass is 16.5. The highest BCUT2D eigenvalue weighted by molar-refractivity contribution is 6.12. The van der Waals surface area contributed by atoms with Crippen LogP contribution in [-0.2, 0) is 16.0 Å². The van der Waals surface area contributed by atoms with Gasteiger partial charge in [-0.1, -0.05) is 78.9 Å². The number of rotatable bonds is 13. The van der Waals surface area contributed by atoms with Gasteiger partial charge >= 0.3 is 5.97 Å². The summed E-state index contributed by atoms with van der Waals surface area (Å²) in [6, 6.07) is 34.2. The van der Waals surface area contributed by atoms with Crippen LogP contribution in [0.25, 0.3) is 10.9 Å². The van der Waals surface area contributed by atoms with E-state index in [2.05, 4.69) is 10.3 Å². The van der Waals surface area contributed by atoms with E-state index < -0.39 is 12.0 Å². The lowest BCUT2D eigenvalue weighted by Crippen LogP contribution is -2.35. The molecule has 1 N–H and O–H groups in total. The maximum atomic E-state index is 13.2. The molecule has 45 heavy (non-hydrogen) atoms. The number of methoxy groups -OCH3 is 1. The van der Waals surface area contributed by atoms with Gasteiger partial charge in [0.25, 0.3) is 5.91 Å². The van der Waals surface area contributed by atoms with Gasteiger partial charge in [-0.15, -0.1) is 0 Å². The van der Waals surface area contributed by atoms with E-state index in [1.54, 1.807) is 41.3 Å². The van der Waals surface area contributed by atoms with E-state index in [-0.39, 0.29) is 11.7 Å². The van der Waals surface area contributed by atoms with Crippen molar-refractivity contribution >= 4 is 34.3 Å². The second-order valence-electron chi connectivity index (χ2n) is 10.4. The molecule has 0 fully saturated rings. The van der Waals surface area contributed by atoms with Crippen molar-refractivity contribution in [1.29, 1.82) is 0 Å².